The molecule has 0 spiro atoms. The largest absolute Gasteiger partial charge is 0.322 e. The maximum Gasteiger partial charge on any atom is 0.258 e. The van der Waals surface area contributed by atoms with Gasteiger partial charge in [0.05, 0.1) is 10.5 Å². The lowest BCUT2D eigenvalue weighted by Crippen LogP contribution is -2.24. The van der Waals surface area contributed by atoms with E-state index in [2.05, 4.69) is 10.0 Å². The average molecular weight is 453 g/mol. The third-order valence-corrected chi connectivity index (χ3v) is 6.02. The topological polar surface area (TPSA) is 75.3 Å². The molecule has 0 aliphatic heterocycles. The van der Waals surface area contributed by atoms with Crippen molar-refractivity contribution in [1.82, 2.24) is 4.72 Å². The van der Waals surface area contributed by atoms with Gasteiger partial charge in [0.1, 0.15) is 5.82 Å². The van der Waals surface area contributed by atoms with Gasteiger partial charge in [-0.15, -0.1) is 0 Å². The van der Waals surface area contributed by atoms with Crippen molar-refractivity contribution >= 4 is 44.8 Å². The number of sulfonamides is 1. The third-order valence-electron chi connectivity index (χ3n) is 4.01. The normalized spacial score (nSPS) is 11.3. The first-order chi connectivity index (χ1) is 13.8. The van der Waals surface area contributed by atoms with Gasteiger partial charge in [0, 0.05) is 22.3 Å². The van der Waals surface area contributed by atoms with Gasteiger partial charge in [-0.05, 0) is 54.1 Å². The molecular weight excluding hydrogens is 438 g/mol. The number of carbonyl (C=O) groups is 1. The van der Waals surface area contributed by atoms with Crippen molar-refractivity contribution in [2.45, 2.75) is 11.4 Å². The lowest BCUT2D eigenvalue weighted by molar-refractivity contribution is 0.102. The minimum atomic E-state index is -4.00. The van der Waals surface area contributed by atoms with Gasteiger partial charge in [-0.2, -0.15) is 0 Å². The molecule has 0 aliphatic carbocycles. The van der Waals surface area contributed by atoms with Gasteiger partial charge in [0.15, 0.2) is 0 Å². The summed E-state index contributed by atoms with van der Waals surface area (Å²) in [5.41, 5.74) is 0.574. The first kappa shape index (κ1) is 21.3. The molecule has 0 aliphatic rings. The number of benzene rings is 3. The number of halogens is 3. The van der Waals surface area contributed by atoms with E-state index < -0.39 is 27.3 Å². The molecule has 3 aromatic carbocycles. The quantitative estimate of drug-likeness (QED) is 0.560. The van der Waals surface area contributed by atoms with Crippen molar-refractivity contribution in [3.05, 3.63) is 93.7 Å². The Balaban J connectivity index is 1.80. The van der Waals surface area contributed by atoms with E-state index in [4.69, 9.17) is 23.2 Å². The van der Waals surface area contributed by atoms with Gasteiger partial charge in [-0.1, -0.05) is 41.4 Å². The number of rotatable bonds is 6. The molecule has 0 bridgehead atoms. The molecule has 29 heavy (non-hydrogen) atoms. The van der Waals surface area contributed by atoms with E-state index in [9.17, 15) is 17.6 Å². The van der Waals surface area contributed by atoms with E-state index in [1.165, 1.54) is 0 Å². The Labute approximate surface area is 177 Å². The van der Waals surface area contributed by atoms with Crippen molar-refractivity contribution in [2.24, 2.45) is 0 Å². The van der Waals surface area contributed by atoms with Crippen LogP contribution in [-0.4, -0.2) is 14.3 Å². The van der Waals surface area contributed by atoms with Crippen LogP contribution in [0.25, 0.3) is 0 Å². The first-order valence-electron chi connectivity index (χ1n) is 8.36. The maximum atomic E-state index is 14.2. The molecule has 1 amide bonds. The molecule has 150 valence electrons. The lowest BCUT2D eigenvalue weighted by Gasteiger charge is -2.11. The molecule has 9 heteroatoms. The number of hydrogen-bond acceptors (Lipinski definition) is 3. The molecule has 0 heterocycles. The van der Waals surface area contributed by atoms with Crippen molar-refractivity contribution in [3.8, 4) is 0 Å². The molecule has 0 unspecified atom stereocenters. The van der Waals surface area contributed by atoms with E-state index >= 15 is 0 Å². The smallest absolute Gasteiger partial charge is 0.258 e. The van der Waals surface area contributed by atoms with Crippen LogP contribution < -0.4 is 10.0 Å². The Hall–Kier alpha value is -2.45. The van der Waals surface area contributed by atoms with E-state index in [0.717, 1.165) is 18.2 Å². The molecule has 0 fully saturated rings. The second-order valence-electron chi connectivity index (χ2n) is 6.02. The van der Waals surface area contributed by atoms with E-state index in [-0.39, 0.29) is 11.4 Å². The van der Waals surface area contributed by atoms with Gasteiger partial charge < -0.3 is 5.32 Å². The zero-order chi connectivity index (χ0) is 21.0. The van der Waals surface area contributed by atoms with Crippen molar-refractivity contribution < 1.29 is 17.6 Å². The second kappa shape index (κ2) is 8.92. The molecule has 0 atom stereocenters. The zero-order valence-corrected chi connectivity index (χ0v) is 17.2. The Morgan fingerprint density at radius 1 is 0.966 bits per heavy atom. The summed E-state index contributed by atoms with van der Waals surface area (Å²) in [6, 6.07) is 16.0. The summed E-state index contributed by atoms with van der Waals surface area (Å²) >= 11 is 11.8. The Morgan fingerprint density at radius 2 is 1.66 bits per heavy atom. The molecule has 0 saturated heterocycles. The predicted molar refractivity (Wildman–Crippen MR) is 111 cm³/mol. The summed E-state index contributed by atoms with van der Waals surface area (Å²) in [5, 5.41) is 3.39. The highest BCUT2D eigenvalue weighted by molar-refractivity contribution is 7.89. The van der Waals surface area contributed by atoms with Gasteiger partial charge in [0.25, 0.3) is 5.91 Å². The monoisotopic (exact) mass is 452 g/mol. The van der Waals surface area contributed by atoms with Gasteiger partial charge in [-0.3, -0.25) is 4.79 Å². The summed E-state index contributed by atoms with van der Waals surface area (Å²) in [4.78, 5) is 12.2. The molecule has 3 rings (SSSR count). The van der Waals surface area contributed by atoms with Crippen molar-refractivity contribution in [1.29, 1.82) is 0 Å². The number of carbonyl (C=O) groups excluding carboxylic acids is 1. The predicted octanol–water partition coefficient (Wildman–Crippen LogP) is 4.86. The van der Waals surface area contributed by atoms with Crippen LogP contribution in [0.4, 0.5) is 10.1 Å². The van der Waals surface area contributed by atoms with Crippen LogP contribution in [-0.2, 0) is 16.6 Å². The molecule has 0 saturated carbocycles. The van der Waals surface area contributed by atoms with Crippen LogP contribution in [0.3, 0.4) is 0 Å². The Kier molecular flexibility index (Phi) is 6.54. The first-order valence-corrected chi connectivity index (χ1v) is 10.6. The summed E-state index contributed by atoms with van der Waals surface area (Å²) in [5.74, 6) is -1.63. The number of anilines is 1. The van der Waals surface area contributed by atoms with Crippen molar-refractivity contribution in [3.63, 3.8) is 0 Å². The molecule has 0 radical (unpaired) electrons. The van der Waals surface area contributed by atoms with Gasteiger partial charge in [-0.25, -0.2) is 17.5 Å². The van der Waals surface area contributed by atoms with E-state index in [1.54, 1.807) is 48.5 Å². The molecular formula is C20H15Cl2FN2O3S. The highest BCUT2D eigenvalue weighted by atomic mass is 35.5. The fourth-order valence-corrected chi connectivity index (χ4v) is 3.84. The Bertz CT molecular complexity index is 1150. The van der Waals surface area contributed by atoms with Crippen LogP contribution in [0.5, 0.6) is 0 Å². The minimum Gasteiger partial charge on any atom is -0.322 e. The SMILES string of the molecule is O=C(Nc1ccc(Cl)cc1)c1cc(S(=O)(=O)NCc2ccccc2Cl)ccc1F. The maximum absolute atomic E-state index is 14.2. The number of hydrogen-bond donors (Lipinski definition) is 2. The number of amides is 1. The minimum absolute atomic E-state index is 0.0499. The molecule has 0 aromatic heterocycles. The summed E-state index contributed by atoms with van der Waals surface area (Å²) in [7, 11) is -4.00. The second-order valence-corrected chi connectivity index (χ2v) is 8.63. The van der Waals surface area contributed by atoms with E-state index in [0.29, 0.717) is 21.3 Å². The zero-order valence-electron chi connectivity index (χ0n) is 14.8. The van der Waals surface area contributed by atoms with Crippen LogP contribution in [0.2, 0.25) is 10.0 Å². The van der Waals surface area contributed by atoms with Crippen LogP contribution in [0.1, 0.15) is 15.9 Å². The summed E-state index contributed by atoms with van der Waals surface area (Å²) < 4.78 is 41.7. The molecule has 3 aromatic rings. The summed E-state index contributed by atoms with van der Waals surface area (Å²) in [6.07, 6.45) is 0. The highest BCUT2D eigenvalue weighted by Gasteiger charge is 2.20. The van der Waals surface area contributed by atoms with Crippen LogP contribution in [0.15, 0.2) is 71.6 Å². The van der Waals surface area contributed by atoms with Crippen LogP contribution in [0, 0.1) is 5.82 Å². The fourth-order valence-electron chi connectivity index (χ4n) is 2.48. The number of nitrogens with one attached hydrogen (secondary N) is 2. The summed E-state index contributed by atoms with van der Waals surface area (Å²) in [6.45, 7) is -0.0499. The van der Waals surface area contributed by atoms with Crippen LogP contribution >= 0.6 is 23.2 Å². The molecule has 5 nitrogen and oxygen atoms in total. The standard InChI is InChI=1S/C20H15Cl2FN2O3S/c21-14-5-7-15(8-6-14)25-20(26)17-11-16(9-10-19(17)23)29(27,28)24-12-13-3-1-2-4-18(13)22/h1-11,24H,12H2,(H,25,26). The highest BCUT2D eigenvalue weighted by Crippen LogP contribution is 2.20. The average Bonchev–Trinajstić information content (AvgIpc) is 2.69. The van der Waals surface area contributed by atoms with Gasteiger partial charge in [0.2, 0.25) is 10.0 Å². The van der Waals surface area contributed by atoms with Crippen molar-refractivity contribution in [2.75, 3.05) is 5.32 Å². The van der Waals surface area contributed by atoms with E-state index in [1.807, 2.05) is 0 Å². The lowest BCUT2D eigenvalue weighted by atomic mass is 10.2. The molecule has 2 N–H and O–H groups in total. The Morgan fingerprint density at radius 3 is 2.34 bits per heavy atom. The fraction of sp³-hybridized carbons (Fsp3) is 0.0500. The third kappa shape index (κ3) is 5.33. The van der Waals surface area contributed by atoms with Gasteiger partial charge >= 0.3 is 0 Å².